The van der Waals surface area contributed by atoms with Gasteiger partial charge in [0, 0.05) is 31.4 Å². The van der Waals surface area contributed by atoms with Crippen molar-refractivity contribution in [2.75, 3.05) is 0 Å². The number of hydrogen-bond acceptors (Lipinski definition) is 4. The van der Waals surface area contributed by atoms with Crippen molar-refractivity contribution in [2.45, 2.75) is 44.2 Å². The SMILES string of the molecule is Cn1cc(C(Cc2ccn(C3CCCC3)n2)NN)cn1. The van der Waals surface area contributed by atoms with Crippen LogP contribution in [0.15, 0.2) is 24.7 Å². The minimum atomic E-state index is 0.0515. The molecule has 0 aliphatic heterocycles. The van der Waals surface area contributed by atoms with Crippen molar-refractivity contribution in [3.8, 4) is 0 Å². The average Bonchev–Trinajstić information content (AvgIpc) is 3.16. The second kappa shape index (κ2) is 5.76. The van der Waals surface area contributed by atoms with Crippen LogP contribution in [-0.4, -0.2) is 19.6 Å². The molecule has 0 amide bonds. The molecule has 1 unspecified atom stereocenters. The van der Waals surface area contributed by atoms with Crippen molar-refractivity contribution in [3.05, 3.63) is 35.9 Å². The Bertz CT molecular complexity index is 552. The van der Waals surface area contributed by atoms with Crippen LogP contribution in [0.3, 0.4) is 0 Å². The van der Waals surface area contributed by atoms with Crippen LogP contribution in [0.2, 0.25) is 0 Å². The van der Waals surface area contributed by atoms with E-state index in [-0.39, 0.29) is 6.04 Å². The molecule has 6 nitrogen and oxygen atoms in total. The van der Waals surface area contributed by atoms with Gasteiger partial charge in [0.2, 0.25) is 0 Å². The topological polar surface area (TPSA) is 73.7 Å². The second-order valence-corrected chi connectivity index (χ2v) is 5.60. The van der Waals surface area contributed by atoms with Crippen LogP contribution in [-0.2, 0) is 13.5 Å². The molecule has 2 aromatic rings. The Morgan fingerprint density at radius 2 is 2.25 bits per heavy atom. The van der Waals surface area contributed by atoms with E-state index in [1.165, 1.54) is 25.7 Å². The molecule has 2 heterocycles. The molecule has 0 aromatic carbocycles. The molecule has 1 fully saturated rings. The van der Waals surface area contributed by atoms with Gasteiger partial charge >= 0.3 is 0 Å². The molecule has 3 N–H and O–H groups in total. The van der Waals surface area contributed by atoms with Gasteiger partial charge in [0.15, 0.2) is 0 Å². The number of nitrogens with one attached hydrogen (secondary N) is 1. The summed E-state index contributed by atoms with van der Waals surface area (Å²) in [5.74, 6) is 5.67. The van der Waals surface area contributed by atoms with Crippen LogP contribution in [0.5, 0.6) is 0 Å². The highest BCUT2D eigenvalue weighted by Gasteiger charge is 2.19. The zero-order valence-electron chi connectivity index (χ0n) is 11.9. The van der Waals surface area contributed by atoms with Gasteiger partial charge < -0.3 is 0 Å². The van der Waals surface area contributed by atoms with Crippen molar-refractivity contribution < 1.29 is 0 Å². The summed E-state index contributed by atoms with van der Waals surface area (Å²) in [4.78, 5) is 0. The monoisotopic (exact) mass is 274 g/mol. The van der Waals surface area contributed by atoms with Crippen molar-refractivity contribution in [3.63, 3.8) is 0 Å². The third-order valence-electron chi connectivity index (χ3n) is 4.10. The highest BCUT2D eigenvalue weighted by Crippen LogP contribution is 2.29. The lowest BCUT2D eigenvalue weighted by Gasteiger charge is -2.13. The van der Waals surface area contributed by atoms with E-state index in [1.54, 1.807) is 4.68 Å². The summed E-state index contributed by atoms with van der Waals surface area (Å²) >= 11 is 0. The van der Waals surface area contributed by atoms with Gasteiger partial charge in [0.05, 0.1) is 24.0 Å². The minimum absolute atomic E-state index is 0.0515. The molecule has 0 saturated heterocycles. The molecule has 0 bridgehead atoms. The molecule has 6 heteroatoms. The number of aryl methyl sites for hydroxylation is 1. The maximum Gasteiger partial charge on any atom is 0.0644 e. The minimum Gasteiger partial charge on any atom is -0.275 e. The Hall–Kier alpha value is -1.66. The van der Waals surface area contributed by atoms with E-state index in [4.69, 9.17) is 10.9 Å². The quantitative estimate of drug-likeness (QED) is 0.640. The third kappa shape index (κ3) is 2.76. The molecule has 20 heavy (non-hydrogen) atoms. The van der Waals surface area contributed by atoms with Crippen molar-refractivity contribution in [1.29, 1.82) is 0 Å². The summed E-state index contributed by atoms with van der Waals surface area (Å²) in [5, 5.41) is 8.90. The first-order valence-electron chi connectivity index (χ1n) is 7.25. The largest absolute Gasteiger partial charge is 0.275 e. The number of hydrogen-bond donors (Lipinski definition) is 2. The summed E-state index contributed by atoms with van der Waals surface area (Å²) in [6.45, 7) is 0. The first kappa shape index (κ1) is 13.3. The van der Waals surface area contributed by atoms with E-state index in [0.717, 1.165) is 17.7 Å². The maximum absolute atomic E-state index is 5.67. The molecule has 0 spiro atoms. The predicted octanol–water partition coefficient (Wildman–Crippen LogP) is 1.48. The van der Waals surface area contributed by atoms with E-state index < -0.39 is 0 Å². The van der Waals surface area contributed by atoms with Gasteiger partial charge in [-0.15, -0.1) is 0 Å². The second-order valence-electron chi connectivity index (χ2n) is 5.60. The lowest BCUT2D eigenvalue weighted by Crippen LogP contribution is -2.29. The average molecular weight is 274 g/mol. The zero-order valence-corrected chi connectivity index (χ0v) is 11.9. The first-order valence-corrected chi connectivity index (χ1v) is 7.25. The summed E-state index contributed by atoms with van der Waals surface area (Å²) in [6.07, 6.45) is 11.9. The Labute approximate surface area is 118 Å². The highest BCUT2D eigenvalue weighted by molar-refractivity contribution is 5.14. The summed E-state index contributed by atoms with van der Waals surface area (Å²) in [6, 6.07) is 2.74. The lowest BCUT2D eigenvalue weighted by molar-refractivity contribution is 0.457. The molecule has 3 rings (SSSR count). The van der Waals surface area contributed by atoms with Crippen LogP contribution in [0.25, 0.3) is 0 Å². The van der Waals surface area contributed by atoms with Crippen LogP contribution < -0.4 is 11.3 Å². The van der Waals surface area contributed by atoms with Gasteiger partial charge in [0.1, 0.15) is 0 Å². The van der Waals surface area contributed by atoms with Crippen LogP contribution >= 0.6 is 0 Å². The fourth-order valence-corrected chi connectivity index (χ4v) is 2.96. The van der Waals surface area contributed by atoms with Crippen molar-refractivity contribution in [2.24, 2.45) is 12.9 Å². The summed E-state index contributed by atoms with van der Waals surface area (Å²) < 4.78 is 3.91. The highest BCUT2D eigenvalue weighted by atomic mass is 15.3. The Morgan fingerprint density at radius 1 is 1.45 bits per heavy atom. The Balaban J connectivity index is 1.69. The van der Waals surface area contributed by atoms with E-state index in [2.05, 4.69) is 27.5 Å². The van der Waals surface area contributed by atoms with Gasteiger partial charge in [-0.3, -0.25) is 20.6 Å². The summed E-state index contributed by atoms with van der Waals surface area (Å²) in [7, 11) is 1.91. The van der Waals surface area contributed by atoms with Crippen LogP contribution in [0.1, 0.15) is 49.0 Å². The van der Waals surface area contributed by atoms with Gasteiger partial charge in [0.25, 0.3) is 0 Å². The number of aromatic nitrogens is 4. The van der Waals surface area contributed by atoms with E-state index >= 15 is 0 Å². The lowest BCUT2D eigenvalue weighted by atomic mass is 10.1. The van der Waals surface area contributed by atoms with E-state index in [9.17, 15) is 0 Å². The Morgan fingerprint density at radius 3 is 2.90 bits per heavy atom. The van der Waals surface area contributed by atoms with Gasteiger partial charge in [-0.05, 0) is 18.9 Å². The molecular formula is C14H22N6. The zero-order chi connectivity index (χ0) is 13.9. The number of rotatable bonds is 5. The smallest absolute Gasteiger partial charge is 0.0644 e. The van der Waals surface area contributed by atoms with Crippen molar-refractivity contribution >= 4 is 0 Å². The fourth-order valence-electron chi connectivity index (χ4n) is 2.96. The molecule has 1 aliphatic rings. The predicted molar refractivity (Wildman–Crippen MR) is 76.7 cm³/mol. The van der Waals surface area contributed by atoms with E-state index in [0.29, 0.717) is 6.04 Å². The maximum atomic E-state index is 5.67. The van der Waals surface area contributed by atoms with Crippen molar-refractivity contribution in [1.82, 2.24) is 25.0 Å². The van der Waals surface area contributed by atoms with Gasteiger partial charge in [-0.25, -0.2) is 0 Å². The number of nitrogens with zero attached hydrogens (tertiary/aromatic N) is 4. The fraction of sp³-hybridized carbons (Fsp3) is 0.571. The molecule has 1 aliphatic carbocycles. The number of nitrogens with two attached hydrogens (primary N) is 1. The Kier molecular flexibility index (Phi) is 3.84. The number of hydrazine groups is 1. The van der Waals surface area contributed by atoms with Gasteiger partial charge in [-0.1, -0.05) is 12.8 Å². The van der Waals surface area contributed by atoms with Crippen LogP contribution in [0, 0.1) is 0 Å². The molecular weight excluding hydrogens is 252 g/mol. The molecule has 0 radical (unpaired) electrons. The first-order chi connectivity index (χ1) is 9.76. The standard InChI is InChI=1S/C14H22N6/c1-19-10-11(9-16-19)14(17-15)8-12-6-7-20(18-12)13-4-2-3-5-13/h6-7,9-10,13-14,17H,2-5,8,15H2,1H3. The molecule has 1 saturated carbocycles. The van der Waals surface area contributed by atoms with Gasteiger partial charge in [-0.2, -0.15) is 10.2 Å². The molecule has 1 atom stereocenters. The molecule has 2 aromatic heterocycles. The summed E-state index contributed by atoms with van der Waals surface area (Å²) in [5.41, 5.74) is 5.02. The normalized spacial score (nSPS) is 17.7. The third-order valence-corrected chi connectivity index (χ3v) is 4.10. The van der Waals surface area contributed by atoms with Crippen LogP contribution in [0.4, 0.5) is 0 Å². The molecule has 108 valence electrons. The van der Waals surface area contributed by atoms with E-state index in [1.807, 2.05) is 19.4 Å².